The Morgan fingerprint density at radius 1 is 1.29 bits per heavy atom. The van der Waals surface area contributed by atoms with E-state index in [0.29, 0.717) is 5.76 Å². The molecule has 17 heavy (non-hydrogen) atoms. The van der Waals surface area contributed by atoms with Crippen molar-refractivity contribution >= 4 is 0 Å². The summed E-state index contributed by atoms with van der Waals surface area (Å²) in [7, 11) is 1.90. The molecule has 1 N–H and O–H groups in total. The van der Waals surface area contributed by atoms with Crippen molar-refractivity contribution < 1.29 is 8.81 Å². The highest BCUT2D eigenvalue weighted by Crippen LogP contribution is 2.26. The third-order valence-corrected chi connectivity index (χ3v) is 2.84. The quantitative estimate of drug-likeness (QED) is 0.869. The van der Waals surface area contributed by atoms with Crippen LogP contribution in [0.15, 0.2) is 40.8 Å². The van der Waals surface area contributed by atoms with Crippen molar-refractivity contribution in [1.29, 1.82) is 0 Å². The molecule has 0 spiro atoms. The van der Waals surface area contributed by atoms with E-state index in [0.717, 1.165) is 17.7 Å². The Kier molecular flexibility index (Phi) is 3.59. The van der Waals surface area contributed by atoms with Crippen LogP contribution >= 0.6 is 0 Å². The summed E-state index contributed by atoms with van der Waals surface area (Å²) in [5.74, 6) is 1.34. The molecular weight excluding hydrogens is 217 g/mol. The molecule has 1 aromatic heterocycles. The summed E-state index contributed by atoms with van der Waals surface area (Å²) in [6.45, 7) is 2.09. The van der Waals surface area contributed by atoms with Crippen LogP contribution < -0.4 is 5.32 Å². The highest BCUT2D eigenvalue weighted by molar-refractivity contribution is 5.57. The smallest absolute Gasteiger partial charge is 0.134 e. The van der Waals surface area contributed by atoms with Crippen molar-refractivity contribution in [3.8, 4) is 11.3 Å². The predicted molar refractivity (Wildman–Crippen MR) is 66.2 cm³/mol. The summed E-state index contributed by atoms with van der Waals surface area (Å²) < 4.78 is 18.8. The zero-order chi connectivity index (χ0) is 12.3. The Morgan fingerprint density at radius 2 is 2.12 bits per heavy atom. The summed E-state index contributed by atoms with van der Waals surface area (Å²) in [6, 6.07) is 10.4. The molecule has 1 unspecified atom stereocenters. The van der Waals surface area contributed by atoms with Gasteiger partial charge in [-0.1, -0.05) is 19.1 Å². The van der Waals surface area contributed by atoms with Crippen LogP contribution in [0.1, 0.15) is 25.1 Å². The second-order valence-corrected chi connectivity index (χ2v) is 3.96. The van der Waals surface area contributed by atoms with Gasteiger partial charge < -0.3 is 9.73 Å². The van der Waals surface area contributed by atoms with Crippen molar-refractivity contribution in [3.05, 3.63) is 48.0 Å². The minimum Gasteiger partial charge on any atom is -0.459 e. The van der Waals surface area contributed by atoms with Gasteiger partial charge in [0.2, 0.25) is 0 Å². The normalized spacial score (nSPS) is 12.6. The second-order valence-electron chi connectivity index (χ2n) is 3.96. The molecule has 0 aliphatic rings. The molecule has 0 aliphatic heterocycles. The Labute approximate surface area is 100 Å². The maximum atomic E-state index is 13.1. The Balaban J connectivity index is 2.29. The fourth-order valence-corrected chi connectivity index (χ4v) is 1.88. The fraction of sp³-hybridized carbons (Fsp3) is 0.286. The van der Waals surface area contributed by atoms with Crippen LogP contribution in [-0.4, -0.2) is 7.05 Å². The van der Waals surface area contributed by atoms with Gasteiger partial charge in [-0.3, -0.25) is 0 Å². The molecule has 1 heterocycles. The zero-order valence-electron chi connectivity index (χ0n) is 10.0. The molecule has 0 bridgehead atoms. The summed E-state index contributed by atoms with van der Waals surface area (Å²) in [5.41, 5.74) is 0.766. The first-order valence-corrected chi connectivity index (χ1v) is 5.77. The summed E-state index contributed by atoms with van der Waals surface area (Å²) >= 11 is 0. The molecule has 90 valence electrons. The fourth-order valence-electron chi connectivity index (χ4n) is 1.88. The molecule has 1 atom stereocenters. The molecule has 1 aromatic carbocycles. The van der Waals surface area contributed by atoms with E-state index < -0.39 is 0 Å². The SMILES string of the molecule is CCC(NC)c1ccc(-c2cccc(F)c2)o1. The van der Waals surface area contributed by atoms with Crippen LogP contribution in [0, 0.1) is 5.82 Å². The largest absolute Gasteiger partial charge is 0.459 e. The van der Waals surface area contributed by atoms with Gasteiger partial charge in [0.1, 0.15) is 17.3 Å². The van der Waals surface area contributed by atoms with Gasteiger partial charge in [-0.15, -0.1) is 0 Å². The highest BCUT2D eigenvalue weighted by Gasteiger charge is 2.12. The average Bonchev–Trinajstić information content (AvgIpc) is 2.80. The molecule has 0 saturated carbocycles. The standard InChI is InChI=1S/C14H16FNO/c1-3-12(16-2)14-8-7-13(17-14)10-5-4-6-11(15)9-10/h4-9,12,16H,3H2,1-2H3. The Morgan fingerprint density at radius 3 is 2.76 bits per heavy atom. The minimum absolute atomic E-state index is 0.206. The summed E-state index contributed by atoms with van der Waals surface area (Å²) in [6.07, 6.45) is 0.951. The van der Waals surface area contributed by atoms with E-state index in [9.17, 15) is 4.39 Å². The lowest BCUT2D eigenvalue weighted by atomic mass is 10.1. The number of benzene rings is 1. The third-order valence-electron chi connectivity index (χ3n) is 2.84. The molecule has 2 nitrogen and oxygen atoms in total. The molecule has 0 amide bonds. The van der Waals surface area contributed by atoms with Crippen LogP contribution in [0.25, 0.3) is 11.3 Å². The van der Waals surface area contributed by atoms with E-state index in [2.05, 4.69) is 12.2 Å². The molecule has 2 aromatic rings. The van der Waals surface area contributed by atoms with Crippen molar-refractivity contribution in [2.24, 2.45) is 0 Å². The summed E-state index contributed by atoms with van der Waals surface area (Å²) in [4.78, 5) is 0. The predicted octanol–water partition coefficient (Wildman–Crippen LogP) is 3.76. The van der Waals surface area contributed by atoms with Gasteiger partial charge in [0.05, 0.1) is 6.04 Å². The first-order chi connectivity index (χ1) is 8.24. The van der Waals surface area contributed by atoms with Crippen LogP contribution in [0.2, 0.25) is 0 Å². The maximum absolute atomic E-state index is 13.1. The van der Waals surface area contributed by atoms with Gasteiger partial charge >= 0.3 is 0 Å². The number of rotatable bonds is 4. The van der Waals surface area contributed by atoms with Gasteiger partial charge in [-0.2, -0.15) is 0 Å². The van der Waals surface area contributed by atoms with E-state index in [1.807, 2.05) is 25.2 Å². The lowest BCUT2D eigenvalue weighted by molar-refractivity contribution is 0.431. The van der Waals surface area contributed by atoms with Crippen molar-refractivity contribution in [2.45, 2.75) is 19.4 Å². The van der Waals surface area contributed by atoms with Crippen molar-refractivity contribution in [2.75, 3.05) is 7.05 Å². The lowest BCUT2D eigenvalue weighted by Crippen LogP contribution is -2.14. The van der Waals surface area contributed by atoms with Crippen LogP contribution in [0.5, 0.6) is 0 Å². The maximum Gasteiger partial charge on any atom is 0.134 e. The van der Waals surface area contributed by atoms with E-state index >= 15 is 0 Å². The molecule has 0 aliphatic carbocycles. The van der Waals surface area contributed by atoms with Crippen LogP contribution in [0.4, 0.5) is 4.39 Å². The van der Waals surface area contributed by atoms with Gasteiger partial charge in [0, 0.05) is 5.56 Å². The van der Waals surface area contributed by atoms with E-state index in [-0.39, 0.29) is 11.9 Å². The van der Waals surface area contributed by atoms with Crippen LogP contribution in [0.3, 0.4) is 0 Å². The van der Waals surface area contributed by atoms with Gasteiger partial charge in [0.25, 0.3) is 0 Å². The van der Waals surface area contributed by atoms with E-state index in [1.165, 1.54) is 12.1 Å². The number of nitrogens with one attached hydrogen (secondary N) is 1. The lowest BCUT2D eigenvalue weighted by Gasteiger charge is -2.09. The highest BCUT2D eigenvalue weighted by atomic mass is 19.1. The second kappa shape index (κ2) is 5.15. The van der Waals surface area contributed by atoms with Crippen LogP contribution in [-0.2, 0) is 0 Å². The number of furan rings is 1. The first-order valence-electron chi connectivity index (χ1n) is 5.77. The van der Waals surface area contributed by atoms with Gasteiger partial charge in [-0.25, -0.2) is 4.39 Å². The Hall–Kier alpha value is -1.61. The van der Waals surface area contributed by atoms with E-state index in [4.69, 9.17) is 4.42 Å². The molecular formula is C14H16FNO. The number of hydrogen-bond acceptors (Lipinski definition) is 2. The van der Waals surface area contributed by atoms with Gasteiger partial charge in [-0.05, 0) is 37.7 Å². The van der Waals surface area contributed by atoms with Gasteiger partial charge in [0.15, 0.2) is 0 Å². The molecule has 2 rings (SSSR count). The zero-order valence-corrected chi connectivity index (χ0v) is 10.0. The minimum atomic E-state index is -0.249. The van der Waals surface area contributed by atoms with E-state index in [1.54, 1.807) is 6.07 Å². The molecule has 0 saturated heterocycles. The monoisotopic (exact) mass is 233 g/mol. The molecule has 3 heteroatoms. The first kappa shape index (κ1) is 11.9. The summed E-state index contributed by atoms with van der Waals surface area (Å²) in [5, 5.41) is 3.18. The number of halogens is 1. The molecule has 0 radical (unpaired) electrons. The molecule has 0 fully saturated rings. The third kappa shape index (κ3) is 2.56. The van der Waals surface area contributed by atoms with Crippen molar-refractivity contribution in [1.82, 2.24) is 5.32 Å². The topological polar surface area (TPSA) is 25.2 Å². The van der Waals surface area contributed by atoms with Crippen molar-refractivity contribution in [3.63, 3.8) is 0 Å². The average molecular weight is 233 g/mol. The Bertz CT molecular complexity index is 488. The number of hydrogen-bond donors (Lipinski definition) is 1.